The Morgan fingerprint density at radius 2 is 2.10 bits per heavy atom. The first kappa shape index (κ1) is 13.7. The van der Waals surface area contributed by atoms with E-state index >= 15 is 0 Å². The molecule has 0 aliphatic carbocycles. The van der Waals surface area contributed by atoms with E-state index in [1.165, 1.54) is 8.45 Å². The zero-order chi connectivity index (χ0) is 13.9. The number of aromatic nitrogens is 3. The van der Waals surface area contributed by atoms with Gasteiger partial charge in [-0.05, 0) is 58.8 Å². The van der Waals surface area contributed by atoms with E-state index in [1.54, 1.807) is 11.3 Å². The summed E-state index contributed by atoms with van der Waals surface area (Å²) in [4.78, 5) is 0. The summed E-state index contributed by atoms with van der Waals surface area (Å²) in [5.41, 5.74) is 3.29. The smallest absolute Gasteiger partial charge is 0.0860 e. The molecule has 102 valence electrons. The van der Waals surface area contributed by atoms with Crippen molar-refractivity contribution < 1.29 is 0 Å². The lowest BCUT2D eigenvalue weighted by molar-refractivity contribution is 0.635. The summed E-state index contributed by atoms with van der Waals surface area (Å²) in [5, 5.41) is 13.8. The van der Waals surface area contributed by atoms with Crippen LogP contribution in [0.4, 0.5) is 0 Å². The molecule has 0 bridgehead atoms. The molecule has 1 aromatic carbocycles. The van der Waals surface area contributed by atoms with Crippen LogP contribution in [-0.4, -0.2) is 22.0 Å². The van der Waals surface area contributed by atoms with Crippen LogP contribution >= 0.6 is 33.9 Å². The third-order valence-corrected chi connectivity index (χ3v) is 4.89. The van der Waals surface area contributed by atoms with Crippen LogP contribution in [0.1, 0.15) is 17.3 Å². The molecule has 3 rings (SSSR count). The van der Waals surface area contributed by atoms with E-state index in [1.807, 2.05) is 48.3 Å². The normalized spacial score (nSPS) is 12.5. The molecule has 4 nitrogen and oxygen atoms in total. The number of nitrogens with zero attached hydrogens (tertiary/aromatic N) is 3. The molecule has 1 N–H and O–H groups in total. The van der Waals surface area contributed by atoms with Gasteiger partial charge in [0, 0.05) is 0 Å². The maximum Gasteiger partial charge on any atom is 0.0860 e. The number of hydrogen-bond donors (Lipinski definition) is 1. The molecule has 3 aromatic rings. The van der Waals surface area contributed by atoms with E-state index in [2.05, 4.69) is 49.7 Å². The fourth-order valence-corrected chi connectivity index (χ4v) is 3.57. The minimum atomic E-state index is 0.0879. The van der Waals surface area contributed by atoms with Crippen molar-refractivity contribution >= 4 is 33.9 Å². The van der Waals surface area contributed by atoms with Gasteiger partial charge in [0.25, 0.3) is 0 Å². The van der Waals surface area contributed by atoms with Crippen molar-refractivity contribution in [2.45, 2.75) is 6.04 Å². The van der Waals surface area contributed by atoms with Crippen molar-refractivity contribution in [1.29, 1.82) is 0 Å². The maximum absolute atomic E-state index is 4.22. The number of halogens is 1. The first-order valence-corrected chi connectivity index (χ1v) is 8.12. The van der Waals surface area contributed by atoms with Gasteiger partial charge in [0.2, 0.25) is 0 Å². The van der Waals surface area contributed by atoms with Crippen molar-refractivity contribution in [2.24, 2.45) is 0 Å². The Bertz CT molecular complexity index is 692. The molecule has 1 atom stereocenters. The lowest BCUT2D eigenvalue weighted by Gasteiger charge is -2.16. The van der Waals surface area contributed by atoms with Gasteiger partial charge >= 0.3 is 0 Å². The first-order valence-electron chi connectivity index (χ1n) is 6.17. The molecule has 6 heteroatoms. The predicted octanol–water partition coefficient (Wildman–Crippen LogP) is 3.24. The van der Waals surface area contributed by atoms with Crippen LogP contribution in [0.5, 0.6) is 0 Å². The number of nitrogens with one attached hydrogen (secondary N) is 1. The summed E-state index contributed by atoms with van der Waals surface area (Å²) in [5.74, 6) is 0. The molecule has 0 aliphatic heterocycles. The predicted molar refractivity (Wildman–Crippen MR) is 89.3 cm³/mol. The molecule has 1 unspecified atom stereocenters. The Kier molecular flexibility index (Phi) is 4.13. The molecule has 20 heavy (non-hydrogen) atoms. The van der Waals surface area contributed by atoms with Crippen LogP contribution in [0.2, 0.25) is 0 Å². The van der Waals surface area contributed by atoms with Crippen molar-refractivity contribution in [3.8, 4) is 5.69 Å². The maximum atomic E-state index is 4.22. The Morgan fingerprint density at radius 1 is 1.30 bits per heavy atom. The van der Waals surface area contributed by atoms with Crippen molar-refractivity contribution in [1.82, 2.24) is 20.3 Å². The standard InChI is InChI=1S/C14H13IN4S/c1-16-14(10-7-13(15)20-9-10)12-8-17-18-19(12)11-5-3-2-4-6-11/h2-9,14,16H,1H3. The van der Waals surface area contributed by atoms with Crippen LogP contribution in [0, 0.1) is 2.88 Å². The highest BCUT2D eigenvalue weighted by atomic mass is 127. The van der Waals surface area contributed by atoms with E-state index in [9.17, 15) is 0 Å². The Labute approximate surface area is 135 Å². The van der Waals surface area contributed by atoms with Gasteiger partial charge in [-0.2, -0.15) is 0 Å². The van der Waals surface area contributed by atoms with Gasteiger partial charge in [0.05, 0.1) is 26.5 Å². The van der Waals surface area contributed by atoms with E-state index in [4.69, 9.17) is 0 Å². The highest BCUT2D eigenvalue weighted by Crippen LogP contribution is 2.27. The van der Waals surface area contributed by atoms with Crippen molar-refractivity contribution in [2.75, 3.05) is 7.05 Å². The summed E-state index contributed by atoms with van der Waals surface area (Å²) >= 11 is 4.08. The molecule has 0 aliphatic rings. The van der Waals surface area contributed by atoms with E-state index in [0.717, 1.165) is 11.4 Å². The fourth-order valence-electron chi connectivity index (χ4n) is 2.17. The lowest BCUT2D eigenvalue weighted by atomic mass is 10.1. The van der Waals surface area contributed by atoms with Gasteiger partial charge in [-0.3, -0.25) is 0 Å². The van der Waals surface area contributed by atoms with Crippen molar-refractivity contribution in [3.05, 3.63) is 62.1 Å². The topological polar surface area (TPSA) is 42.7 Å². The zero-order valence-corrected chi connectivity index (χ0v) is 13.8. The molecular formula is C14H13IN4S. The molecule has 0 fully saturated rings. The number of rotatable bonds is 4. The Morgan fingerprint density at radius 3 is 2.75 bits per heavy atom. The summed E-state index contributed by atoms with van der Waals surface area (Å²) in [6, 6.07) is 12.3. The summed E-state index contributed by atoms with van der Waals surface area (Å²) in [6.07, 6.45) is 1.82. The van der Waals surface area contributed by atoms with Crippen LogP contribution in [0.25, 0.3) is 5.69 Å². The van der Waals surface area contributed by atoms with Gasteiger partial charge < -0.3 is 5.32 Å². The first-order chi connectivity index (χ1) is 9.79. The van der Waals surface area contributed by atoms with Gasteiger partial charge in [0.15, 0.2) is 0 Å². The quantitative estimate of drug-likeness (QED) is 0.689. The molecule has 2 heterocycles. The zero-order valence-electron chi connectivity index (χ0n) is 10.8. The molecule has 0 spiro atoms. The second kappa shape index (κ2) is 6.02. The molecule has 0 saturated carbocycles. The van der Waals surface area contributed by atoms with Crippen LogP contribution in [0.15, 0.2) is 48.0 Å². The average molecular weight is 396 g/mol. The molecular weight excluding hydrogens is 383 g/mol. The summed E-state index contributed by atoms with van der Waals surface area (Å²) in [7, 11) is 1.96. The minimum absolute atomic E-state index is 0.0879. The number of hydrogen-bond acceptors (Lipinski definition) is 4. The Balaban J connectivity index is 2.04. The third kappa shape index (κ3) is 2.63. The largest absolute Gasteiger partial charge is 0.308 e. The van der Waals surface area contributed by atoms with E-state index in [0.29, 0.717) is 0 Å². The number of benzene rings is 1. The second-order valence-corrected chi connectivity index (χ2v) is 7.12. The molecule has 0 amide bonds. The van der Waals surface area contributed by atoms with E-state index in [-0.39, 0.29) is 6.04 Å². The van der Waals surface area contributed by atoms with Crippen molar-refractivity contribution in [3.63, 3.8) is 0 Å². The second-order valence-electron chi connectivity index (χ2n) is 4.31. The SMILES string of the molecule is CNC(c1csc(I)c1)c1cnnn1-c1ccccc1. The number of para-hydroxylation sites is 1. The molecule has 2 aromatic heterocycles. The van der Waals surface area contributed by atoms with Gasteiger partial charge in [-0.25, -0.2) is 4.68 Å². The highest BCUT2D eigenvalue weighted by molar-refractivity contribution is 14.1. The van der Waals surface area contributed by atoms with Gasteiger partial charge in [0.1, 0.15) is 0 Å². The van der Waals surface area contributed by atoms with Gasteiger partial charge in [-0.15, -0.1) is 16.4 Å². The minimum Gasteiger partial charge on any atom is -0.308 e. The van der Waals surface area contributed by atoms with Crippen LogP contribution in [0.3, 0.4) is 0 Å². The lowest BCUT2D eigenvalue weighted by Crippen LogP contribution is -2.20. The Hall–Kier alpha value is -1.25. The monoisotopic (exact) mass is 396 g/mol. The summed E-state index contributed by atoms with van der Waals surface area (Å²) < 4.78 is 3.16. The fraction of sp³-hybridized carbons (Fsp3) is 0.143. The molecule has 0 radical (unpaired) electrons. The third-order valence-electron chi connectivity index (χ3n) is 3.08. The highest BCUT2D eigenvalue weighted by Gasteiger charge is 2.19. The van der Waals surface area contributed by atoms with E-state index < -0.39 is 0 Å². The number of thiophene rings is 1. The summed E-state index contributed by atoms with van der Waals surface area (Å²) in [6.45, 7) is 0. The average Bonchev–Trinajstić information content (AvgIpc) is 3.11. The van der Waals surface area contributed by atoms with Gasteiger partial charge in [-0.1, -0.05) is 23.4 Å². The van der Waals surface area contributed by atoms with Crippen LogP contribution < -0.4 is 5.32 Å². The molecule has 0 saturated heterocycles. The van der Waals surface area contributed by atoms with Crippen LogP contribution in [-0.2, 0) is 0 Å².